The van der Waals surface area contributed by atoms with Gasteiger partial charge >= 0.3 is 0 Å². The zero-order chi connectivity index (χ0) is 24.1. The van der Waals surface area contributed by atoms with Crippen LogP contribution in [0.4, 0.5) is 4.39 Å². The van der Waals surface area contributed by atoms with Crippen LogP contribution >= 0.6 is 0 Å². The van der Waals surface area contributed by atoms with Crippen LogP contribution < -0.4 is 10.6 Å². The Morgan fingerprint density at radius 2 is 1.79 bits per heavy atom. The van der Waals surface area contributed by atoms with Crippen molar-refractivity contribution in [2.45, 2.75) is 70.0 Å². The van der Waals surface area contributed by atoms with Gasteiger partial charge in [-0.25, -0.2) is 4.39 Å². The van der Waals surface area contributed by atoms with E-state index >= 15 is 0 Å². The van der Waals surface area contributed by atoms with Crippen molar-refractivity contribution in [2.75, 3.05) is 13.6 Å². The first-order valence-electron chi connectivity index (χ1n) is 12.5. The number of benzene rings is 1. The quantitative estimate of drug-likeness (QED) is 0.641. The van der Waals surface area contributed by atoms with E-state index in [0.717, 1.165) is 55.3 Å². The first kappa shape index (κ1) is 24.3. The van der Waals surface area contributed by atoms with Crippen LogP contribution in [0.1, 0.15) is 63.5 Å². The van der Waals surface area contributed by atoms with Crippen LogP contribution in [0.3, 0.4) is 0 Å². The average molecular weight is 467 g/mol. The van der Waals surface area contributed by atoms with Crippen molar-refractivity contribution in [3.05, 3.63) is 54.0 Å². The van der Waals surface area contributed by atoms with Gasteiger partial charge in [-0.15, -0.1) is 0 Å². The van der Waals surface area contributed by atoms with Crippen molar-refractivity contribution < 1.29 is 14.0 Å². The third kappa shape index (κ3) is 5.46. The maximum absolute atomic E-state index is 13.9. The third-order valence-electron chi connectivity index (χ3n) is 7.36. The van der Waals surface area contributed by atoms with Crippen molar-refractivity contribution >= 4 is 11.8 Å². The molecule has 2 aromatic rings. The predicted octanol–water partition coefficient (Wildman–Crippen LogP) is 4.22. The lowest BCUT2D eigenvalue weighted by Gasteiger charge is -2.35. The summed E-state index contributed by atoms with van der Waals surface area (Å²) in [5.74, 6) is -0.227. The zero-order valence-corrected chi connectivity index (χ0v) is 20.1. The Kier molecular flexibility index (Phi) is 7.93. The van der Waals surface area contributed by atoms with Crippen molar-refractivity contribution in [2.24, 2.45) is 5.92 Å². The molecule has 1 aromatic carbocycles. The summed E-state index contributed by atoms with van der Waals surface area (Å²) < 4.78 is 13.4. The fourth-order valence-corrected chi connectivity index (χ4v) is 5.25. The Bertz CT molecular complexity index is 990. The van der Waals surface area contributed by atoms with Gasteiger partial charge in [0, 0.05) is 18.3 Å². The molecule has 4 rings (SSSR count). The monoisotopic (exact) mass is 466 g/mol. The van der Waals surface area contributed by atoms with Gasteiger partial charge in [0.2, 0.25) is 11.8 Å². The Labute approximate surface area is 201 Å². The van der Waals surface area contributed by atoms with Crippen molar-refractivity contribution in [1.29, 1.82) is 0 Å². The highest BCUT2D eigenvalue weighted by molar-refractivity contribution is 5.90. The number of likely N-dealkylation sites (tertiary alicyclic amines) is 1. The Morgan fingerprint density at radius 3 is 2.50 bits per heavy atom. The van der Waals surface area contributed by atoms with E-state index in [0.29, 0.717) is 6.54 Å². The summed E-state index contributed by atoms with van der Waals surface area (Å²) in [5.41, 5.74) is 2.63. The van der Waals surface area contributed by atoms with Crippen LogP contribution in [-0.2, 0) is 9.59 Å². The number of carbonyl (C=O) groups is 2. The van der Waals surface area contributed by atoms with Gasteiger partial charge in [0.1, 0.15) is 11.9 Å². The number of aromatic nitrogens is 1. The molecule has 3 unspecified atom stereocenters. The van der Waals surface area contributed by atoms with Gasteiger partial charge in [-0.2, -0.15) is 0 Å². The summed E-state index contributed by atoms with van der Waals surface area (Å²) >= 11 is 0. The summed E-state index contributed by atoms with van der Waals surface area (Å²) in [6.45, 7) is 2.49. The van der Waals surface area contributed by atoms with Crippen LogP contribution in [0, 0.1) is 11.7 Å². The lowest BCUT2D eigenvalue weighted by molar-refractivity contribution is -0.139. The molecule has 1 aliphatic carbocycles. The molecule has 1 aromatic heterocycles. The van der Waals surface area contributed by atoms with E-state index in [4.69, 9.17) is 0 Å². The van der Waals surface area contributed by atoms with Gasteiger partial charge in [-0.05, 0) is 87.5 Å². The molecule has 2 N–H and O–H groups in total. The number of pyridine rings is 1. The Balaban J connectivity index is 1.57. The molecule has 2 heterocycles. The van der Waals surface area contributed by atoms with Crippen LogP contribution in [0.2, 0.25) is 0 Å². The van der Waals surface area contributed by atoms with Crippen LogP contribution in [-0.4, -0.2) is 47.4 Å². The summed E-state index contributed by atoms with van der Waals surface area (Å²) in [4.78, 5) is 33.1. The van der Waals surface area contributed by atoms with Crippen LogP contribution in [0.15, 0.2) is 42.6 Å². The molecule has 2 amide bonds. The van der Waals surface area contributed by atoms with Crippen LogP contribution in [0.5, 0.6) is 0 Å². The zero-order valence-electron chi connectivity index (χ0n) is 20.1. The number of carbonyl (C=O) groups excluding carboxylic acids is 2. The first-order valence-corrected chi connectivity index (χ1v) is 12.5. The Hall–Kier alpha value is -2.80. The highest BCUT2D eigenvalue weighted by Crippen LogP contribution is 2.36. The predicted molar refractivity (Wildman–Crippen MR) is 130 cm³/mol. The molecule has 0 spiro atoms. The van der Waals surface area contributed by atoms with E-state index in [1.807, 2.05) is 24.0 Å². The van der Waals surface area contributed by atoms with E-state index in [1.54, 1.807) is 25.4 Å². The maximum Gasteiger partial charge on any atom is 0.245 e. The molecule has 1 aliphatic heterocycles. The summed E-state index contributed by atoms with van der Waals surface area (Å²) in [6.07, 6.45) is 8.86. The second-order valence-corrected chi connectivity index (χ2v) is 9.57. The first-order chi connectivity index (χ1) is 16.5. The maximum atomic E-state index is 13.9. The number of halogens is 1. The number of nitrogens with one attached hydrogen (secondary N) is 2. The van der Waals surface area contributed by atoms with Gasteiger partial charge in [-0.3, -0.25) is 14.6 Å². The molecule has 6 nitrogen and oxygen atoms in total. The second-order valence-electron chi connectivity index (χ2n) is 9.57. The molecule has 2 fully saturated rings. The van der Waals surface area contributed by atoms with Crippen molar-refractivity contribution in [3.8, 4) is 11.3 Å². The van der Waals surface area contributed by atoms with Gasteiger partial charge in [0.05, 0.1) is 17.8 Å². The smallest absolute Gasteiger partial charge is 0.245 e. The number of likely N-dealkylation sites (N-methyl/N-ethyl adjacent to an activating group) is 1. The molecule has 0 radical (unpaired) electrons. The fraction of sp³-hybridized carbons (Fsp3) is 0.519. The number of hydrogen-bond acceptors (Lipinski definition) is 4. The molecular weight excluding hydrogens is 431 g/mol. The van der Waals surface area contributed by atoms with Crippen LogP contribution in [0.25, 0.3) is 11.3 Å². The minimum atomic E-state index is -0.498. The normalized spacial score (nSPS) is 20.7. The molecule has 2 aliphatic rings. The topological polar surface area (TPSA) is 74.3 Å². The average Bonchev–Trinajstić information content (AvgIpc) is 3.37. The SMILES string of the molecule is CNC(C)C(=O)NC(C(=O)N1CCCC1c1ccnc(-c2ccc(F)cc2)c1)C1CCCCC1. The van der Waals surface area contributed by atoms with Crippen molar-refractivity contribution in [1.82, 2.24) is 20.5 Å². The van der Waals surface area contributed by atoms with Gasteiger partial charge in [0.25, 0.3) is 0 Å². The number of nitrogens with zero attached hydrogens (tertiary/aromatic N) is 2. The fourth-order valence-electron chi connectivity index (χ4n) is 5.25. The lowest BCUT2D eigenvalue weighted by atomic mass is 9.83. The van der Waals surface area contributed by atoms with E-state index < -0.39 is 6.04 Å². The molecule has 1 saturated heterocycles. The van der Waals surface area contributed by atoms with Gasteiger partial charge in [-0.1, -0.05) is 19.3 Å². The summed E-state index contributed by atoms with van der Waals surface area (Å²) in [6, 6.07) is 9.35. The molecular formula is C27H35FN4O2. The molecule has 3 atom stereocenters. The highest BCUT2D eigenvalue weighted by atomic mass is 19.1. The number of hydrogen-bond donors (Lipinski definition) is 2. The summed E-state index contributed by atoms with van der Waals surface area (Å²) in [7, 11) is 1.75. The Morgan fingerprint density at radius 1 is 1.06 bits per heavy atom. The highest BCUT2D eigenvalue weighted by Gasteiger charge is 2.39. The molecule has 182 valence electrons. The number of amides is 2. The molecule has 34 heavy (non-hydrogen) atoms. The summed E-state index contributed by atoms with van der Waals surface area (Å²) in [5, 5.41) is 6.06. The van der Waals surface area contributed by atoms with Gasteiger partial charge < -0.3 is 15.5 Å². The number of rotatable bonds is 7. The lowest BCUT2D eigenvalue weighted by Crippen LogP contribution is -2.55. The van der Waals surface area contributed by atoms with E-state index in [2.05, 4.69) is 15.6 Å². The minimum Gasteiger partial charge on any atom is -0.343 e. The molecule has 7 heteroatoms. The standard InChI is InChI=1S/C27H35FN4O2/c1-18(29-2)26(33)31-25(20-7-4-3-5-8-20)27(34)32-16-6-9-24(32)21-14-15-30-23(17-21)19-10-12-22(28)13-11-19/h10-15,17-18,20,24-25,29H,3-9,16H2,1-2H3,(H,31,33). The molecule has 0 bridgehead atoms. The molecule has 1 saturated carbocycles. The van der Waals surface area contributed by atoms with Crippen molar-refractivity contribution in [3.63, 3.8) is 0 Å². The second kappa shape index (κ2) is 11.1. The van der Waals surface area contributed by atoms with E-state index in [1.165, 1.54) is 18.6 Å². The minimum absolute atomic E-state index is 0.0196. The van der Waals surface area contributed by atoms with E-state index in [-0.39, 0.29) is 35.6 Å². The third-order valence-corrected chi connectivity index (χ3v) is 7.36. The largest absolute Gasteiger partial charge is 0.343 e. The van der Waals surface area contributed by atoms with Gasteiger partial charge in [0.15, 0.2) is 0 Å². The van der Waals surface area contributed by atoms with E-state index in [9.17, 15) is 14.0 Å².